The first-order valence-corrected chi connectivity index (χ1v) is 9.91. The molecule has 0 atom stereocenters. The average molecular weight is 371 g/mol. The molecule has 0 saturated heterocycles. The highest BCUT2D eigenvalue weighted by Crippen LogP contribution is 2.34. The highest BCUT2D eigenvalue weighted by atomic mass is 32.1. The predicted octanol–water partition coefficient (Wildman–Crippen LogP) is 4.67. The lowest BCUT2D eigenvalue weighted by molar-refractivity contribution is 0.579. The topological polar surface area (TPSA) is 46.9 Å². The Morgan fingerprint density at radius 1 is 1.23 bits per heavy atom. The van der Waals surface area contributed by atoms with E-state index in [2.05, 4.69) is 5.32 Å². The Morgan fingerprint density at radius 3 is 2.69 bits per heavy atom. The van der Waals surface area contributed by atoms with Gasteiger partial charge in [-0.25, -0.2) is 9.37 Å². The van der Waals surface area contributed by atoms with E-state index in [4.69, 9.17) is 4.98 Å². The summed E-state index contributed by atoms with van der Waals surface area (Å²) in [5.41, 5.74) is 2.21. The van der Waals surface area contributed by atoms with Crippen LogP contribution >= 0.6 is 11.3 Å². The molecule has 0 radical (unpaired) electrons. The van der Waals surface area contributed by atoms with Gasteiger partial charge in [0.15, 0.2) is 0 Å². The van der Waals surface area contributed by atoms with Crippen LogP contribution in [-0.4, -0.2) is 9.55 Å². The lowest BCUT2D eigenvalue weighted by atomic mass is 9.97. The molecule has 1 aliphatic rings. The van der Waals surface area contributed by atoms with Crippen LogP contribution < -0.4 is 10.9 Å². The lowest BCUT2D eigenvalue weighted by Crippen LogP contribution is -2.27. The largest absolute Gasteiger partial charge is 0.351 e. The molecule has 136 valence electrons. The van der Waals surface area contributed by atoms with Gasteiger partial charge in [0.1, 0.15) is 10.6 Å². The fourth-order valence-electron chi connectivity index (χ4n) is 3.60. The Kier molecular flexibility index (Phi) is 4.53. The first kappa shape index (κ1) is 17.2. The number of nitrogens with zero attached hydrogens (tertiary/aromatic N) is 2. The van der Waals surface area contributed by atoms with Crippen molar-refractivity contribution in [2.24, 2.45) is 0 Å². The highest BCUT2D eigenvalue weighted by molar-refractivity contribution is 7.18. The van der Waals surface area contributed by atoms with Crippen LogP contribution in [0.1, 0.15) is 48.7 Å². The van der Waals surface area contributed by atoms with Gasteiger partial charge in [0.2, 0.25) is 5.95 Å². The third kappa shape index (κ3) is 3.03. The number of aryl methyl sites for hydroxylation is 2. The van der Waals surface area contributed by atoms with E-state index in [1.165, 1.54) is 29.0 Å². The molecular weight excluding hydrogens is 349 g/mol. The molecule has 1 aliphatic carbocycles. The summed E-state index contributed by atoms with van der Waals surface area (Å²) in [6, 6.07) is 6.37. The first-order valence-electron chi connectivity index (χ1n) is 9.09. The predicted molar refractivity (Wildman–Crippen MR) is 105 cm³/mol. The zero-order valence-corrected chi connectivity index (χ0v) is 15.8. The number of rotatable bonds is 4. The number of anilines is 1. The Balaban J connectivity index is 1.77. The van der Waals surface area contributed by atoms with Crippen LogP contribution in [0.4, 0.5) is 10.3 Å². The molecule has 2 aromatic heterocycles. The van der Waals surface area contributed by atoms with Crippen molar-refractivity contribution < 1.29 is 4.39 Å². The van der Waals surface area contributed by atoms with E-state index in [1.54, 1.807) is 28.0 Å². The maximum absolute atomic E-state index is 13.2. The molecule has 6 heteroatoms. The van der Waals surface area contributed by atoms with Gasteiger partial charge in [-0.2, -0.15) is 0 Å². The van der Waals surface area contributed by atoms with Crippen molar-refractivity contribution in [3.63, 3.8) is 0 Å². The Morgan fingerprint density at radius 2 is 1.96 bits per heavy atom. The molecule has 3 aromatic rings. The third-order valence-corrected chi connectivity index (χ3v) is 6.09. The molecule has 1 N–H and O–H groups in total. The molecule has 1 aromatic carbocycles. The number of halogens is 1. The summed E-state index contributed by atoms with van der Waals surface area (Å²) in [7, 11) is 0. The summed E-state index contributed by atoms with van der Waals surface area (Å²) < 4.78 is 14.8. The van der Waals surface area contributed by atoms with Crippen LogP contribution in [0.25, 0.3) is 10.2 Å². The van der Waals surface area contributed by atoms with Gasteiger partial charge in [-0.3, -0.25) is 9.36 Å². The van der Waals surface area contributed by atoms with Crippen molar-refractivity contribution in [1.29, 1.82) is 0 Å². The Hall–Kier alpha value is -2.21. The van der Waals surface area contributed by atoms with E-state index in [0.717, 1.165) is 35.0 Å². The quantitative estimate of drug-likeness (QED) is 0.725. The van der Waals surface area contributed by atoms with Crippen LogP contribution in [0.3, 0.4) is 0 Å². The molecule has 0 saturated carbocycles. The van der Waals surface area contributed by atoms with Crippen LogP contribution in [0, 0.1) is 5.82 Å². The summed E-state index contributed by atoms with van der Waals surface area (Å²) in [6.45, 7) is 4.49. The Labute approximate surface area is 155 Å². The highest BCUT2D eigenvalue weighted by Gasteiger charge is 2.22. The molecule has 26 heavy (non-hydrogen) atoms. The molecule has 0 spiro atoms. The van der Waals surface area contributed by atoms with E-state index in [1.807, 2.05) is 13.8 Å². The summed E-state index contributed by atoms with van der Waals surface area (Å²) in [5.74, 6) is 0.331. The standard InChI is InChI=1S/C20H22FN3OS/c1-12(2)24-19(25)17-15-5-3-4-6-16(15)26-18(17)23-20(24)22-11-13-7-9-14(21)10-8-13/h7-10,12H,3-6,11H2,1-2H3,(H,22,23). The van der Waals surface area contributed by atoms with E-state index in [-0.39, 0.29) is 17.4 Å². The smallest absolute Gasteiger partial charge is 0.264 e. The van der Waals surface area contributed by atoms with Crippen molar-refractivity contribution >= 4 is 27.5 Å². The number of hydrogen-bond donors (Lipinski definition) is 1. The number of benzene rings is 1. The van der Waals surface area contributed by atoms with Crippen molar-refractivity contribution in [2.75, 3.05) is 5.32 Å². The van der Waals surface area contributed by atoms with Gasteiger partial charge >= 0.3 is 0 Å². The second kappa shape index (κ2) is 6.83. The van der Waals surface area contributed by atoms with Crippen LogP contribution in [0.5, 0.6) is 0 Å². The summed E-state index contributed by atoms with van der Waals surface area (Å²) in [5, 5.41) is 4.09. The molecule has 0 unspecified atom stereocenters. The monoisotopic (exact) mass is 371 g/mol. The maximum atomic E-state index is 13.2. The van der Waals surface area contributed by atoms with E-state index >= 15 is 0 Å². The fourth-order valence-corrected chi connectivity index (χ4v) is 4.86. The number of aromatic nitrogens is 2. The van der Waals surface area contributed by atoms with E-state index in [0.29, 0.717) is 12.5 Å². The second-order valence-corrected chi connectivity index (χ2v) is 8.16. The summed E-state index contributed by atoms with van der Waals surface area (Å²) in [4.78, 5) is 20.2. The van der Waals surface area contributed by atoms with E-state index in [9.17, 15) is 9.18 Å². The zero-order chi connectivity index (χ0) is 18.3. The summed E-state index contributed by atoms with van der Waals surface area (Å²) in [6.07, 6.45) is 4.36. The number of thiophene rings is 1. The molecule has 0 fully saturated rings. The molecule has 4 nitrogen and oxygen atoms in total. The minimum absolute atomic E-state index is 0.00857. The van der Waals surface area contributed by atoms with Gasteiger partial charge in [-0.1, -0.05) is 12.1 Å². The molecule has 0 bridgehead atoms. The molecule has 2 heterocycles. The molecule has 0 amide bonds. The minimum atomic E-state index is -0.253. The van der Waals surface area contributed by atoms with Gasteiger partial charge in [-0.05, 0) is 62.8 Å². The fraction of sp³-hybridized carbons (Fsp3) is 0.400. The van der Waals surface area contributed by atoms with Gasteiger partial charge in [0.05, 0.1) is 5.39 Å². The molecule has 4 rings (SSSR count). The zero-order valence-electron chi connectivity index (χ0n) is 15.0. The molecular formula is C20H22FN3OS. The van der Waals surface area contributed by atoms with Gasteiger partial charge < -0.3 is 5.32 Å². The SMILES string of the molecule is CC(C)n1c(NCc2ccc(F)cc2)nc2sc3c(c2c1=O)CCCC3. The van der Waals surface area contributed by atoms with E-state index < -0.39 is 0 Å². The summed E-state index contributed by atoms with van der Waals surface area (Å²) >= 11 is 1.66. The Bertz CT molecular complexity index is 1000. The minimum Gasteiger partial charge on any atom is -0.351 e. The third-order valence-electron chi connectivity index (χ3n) is 4.90. The van der Waals surface area contributed by atoms with Crippen molar-refractivity contribution in [3.05, 3.63) is 56.4 Å². The number of hydrogen-bond acceptors (Lipinski definition) is 4. The van der Waals surface area contributed by atoms with Crippen LogP contribution in [0.2, 0.25) is 0 Å². The van der Waals surface area contributed by atoms with Gasteiger partial charge in [-0.15, -0.1) is 11.3 Å². The van der Waals surface area contributed by atoms with Crippen molar-refractivity contribution in [3.8, 4) is 0 Å². The molecule has 0 aliphatic heterocycles. The maximum Gasteiger partial charge on any atom is 0.264 e. The van der Waals surface area contributed by atoms with Crippen LogP contribution in [0.15, 0.2) is 29.1 Å². The lowest BCUT2D eigenvalue weighted by Gasteiger charge is -2.17. The van der Waals surface area contributed by atoms with Crippen LogP contribution in [-0.2, 0) is 19.4 Å². The normalized spacial score (nSPS) is 14.0. The first-order chi connectivity index (χ1) is 12.5. The van der Waals surface area contributed by atoms with Gasteiger partial charge in [0, 0.05) is 17.5 Å². The van der Waals surface area contributed by atoms with Crippen molar-refractivity contribution in [1.82, 2.24) is 9.55 Å². The van der Waals surface area contributed by atoms with Gasteiger partial charge in [0.25, 0.3) is 5.56 Å². The number of fused-ring (bicyclic) bond motifs is 3. The van der Waals surface area contributed by atoms with Crippen molar-refractivity contribution in [2.45, 2.75) is 52.1 Å². The number of nitrogens with one attached hydrogen (secondary N) is 1. The second-order valence-electron chi connectivity index (χ2n) is 7.08. The average Bonchev–Trinajstić information content (AvgIpc) is 2.99.